The van der Waals surface area contributed by atoms with E-state index >= 15 is 0 Å². The van der Waals surface area contributed by atoms with Crippen molar-refractivity contribution >= 4 is 23.0 Å². The second-order valence-electron chi connectivity index (χ2n) is 8.12. The van der Waals surface area contributed by atoms with Gasteiger partial charge in [0.1, 0.15) is 0 Å². The van der Waals surface area contributed by atoms with Gasteiger partial charge in [-0.1, -0.05) is 25.1 Å². The lowest BCUT2D eigenvalue weighted by molar-refractivity contribution is 0.589. The van der Waals surface area contributed by atoms with Gasteiger partial charge in [-0.15, -0.1) is 0 Å². The van der Waals surface area contributed by atoms with Crippen molar-refractivity contribution in [1.29, 1.82) is 0 Å². The zero-order chi connectivity index (χ0) is 22.3. The molecule has 6 heteroatoms. The summed E-state index contributed by atoms with van der Waals surface area (Å²) < 4.78 is 0. The van der Waals surface area contributed by atoms with Crippen molar-refractivity contribution in [2.45, 2.75) is 27.2 Å². The molecule has 3 aromatic rings. The maximum absolute atomic E-state index is 4.74. The Hall–Kier alpha value is -3.38. The highest BCUT2D eigenvalue weighted by Crippen LogP contribution is 2.26. The summed E-state index contributed by atoms with van der Waals surface area (Å²) in [5.74, 6) is 0.601. The first-order valence-electron chi connectivity index (χ1n) is 11.3. The Bertz CT molecular complexity index is 1070. The van der Waals surface area contributed by atoms with Crippen molar-refractivity contribution in [3.63, 3.8) is 0 Å². The lowest BCUT2D eigenvalue weighted by Crippen LogP contribution is -2.43. The smallest absolute Gasteiger partial charge is 0.227 e. The molecule has 6 nitrogen and oxygen atoms in total. The van der Waals surface area contributed by atoms with Gasteiger partial charge in [0.05, 0.1) is 5.69 Å². The van der Waals surface area contributed by atoms with Crippen LogP contribution in [0.1, 0.15) is 25.8 Å². The fraction of sp³-hybridized carbons (Fsp3) is 0.308. The maximum atomic E-state index is 4.74. The minimum atomic E-state index is 0.601. The molecular formula is C26H32N6. The summed E-state index contributed by atoms with van der Waals surface area (Å²) in [6.07, 6.45) is 5.00. The van der Waals surface area contributed by atoms with Gasteiger partial charge in [-0.2, -0.15) is 0 Å². The van der Waals surface area contributed by atoms with Crippen LogP contribution in [0.15, 0.2) is 66.5 Å². The monoisotopic (exact) mass is 428 g/mol. The quantitative estimate of drug-likeness (QED) is 0.473. The van der Waals surface area contributed by atoms with Crippen LogP contribution in [-0.2, 0) is 0 Å². The molecule has 2 heterocycles. The number of hydrogen-bond donors (Lipinski definition) is 3. The number of aryl methyl sites for hydroxylation is 1. The third-order valence-electron chi connectivity index (χ3n) is 5.63. The molecule has 0 atom stereocenters. The highest BCUT2D eigenvalue weighted by Gasteiger charge is 2.12. The molecule has 2 aromatic carbocycles. The molecule has 32 heavy (non-hydrogen) atoms. The van der Waals surface area contributed by atoms with E-state index in [2.05, 4.69) is 95.1 Å². The van der Waals surface area contributed by atoms with Crippen LogP contribution >= 0.6 is 0 Å². The number of nitrogens with one attached hydrogen (secondary N) is 3. The van der Waals surface area contributed by atoms with Crippen molar-refractivity contribution in [2.75, 3.05) is 41.7 Å². The van der Waals surface area contributed by atoms with Crippen molar-refractivity contribution in [1.82, 2.24) is 15.3 Å². The average molecular weight is 429 g/mol. The average Bonchev–Trinajstić information content (AvgIpc) is 2.82. The fourth-order valence-corrected chi connectivity index (χ4v) is 3.92. The third kappa shape index (κ3) is 5.45. The van der Waals surface area contributed by atoms with E-state index < -0.39 is 0 Å². The predicted molar refractivity (Wildman–Crippen MR) is 135 cm³/mol. The van der Waals surface area contributed by atoms with Crippen LogP contribution in [0.5, 0.6) is 0 Å². The lowest BCUT2D eigenvalue weighted by atomic mass is 10.1. The van der Waals surface area contributed by atoms with E-state index in [0.29, 0.717) is 5.95 Å². The summed E-state index contributed by atoms with van der Waals surface area (Å²) in [5.41, 5.74) is 7.66. The van der Waals surface area contributed by atoms with Crippen LogP contribution < -0.4 is 20.9 Å². The topological polar surface area (TPSA) is 65.1 Å². The number of benzene rings is 2. The molecule has 0 aliphatic carbocycles. The molecule has 0 amide bonds. The zero-order valence-electron chi connectivity index (χ0n) is 19.2. The third-order valence-corrected chi connectivity index (χ3v) is 5.63. The second-order valence-corrected chi connectivity index (χ2v) is 8.12. The van der Waals surface area contributed by atoms with E-state index in [1.165, 1.54) is 11.3 Å². The number of aromatic nitrogens is 2. The molecule has 4 rings (SSSR count). The zero-order valence-corrected chi connectivity index (χ0v) is 19.2. The maximum Gasteiger partial charge on any atom is 0.227 e. The molecular weight excluding hydrogens is 396 g/mol. The Morgan fingerprint density at radius 1 is 1.09 bits per heavy atom. The minimum absolute atomic E-state index is 0.601. The van der Waals surface area contributed by atoms with Crippen LogP contribution in [0.2, 0.25) is 0 Å². The minimum Gasteiger partial charge on any atom is -0.369 e. The molecule has 1 aliphatic rings. The summed E-state index contributed by atoms with van der Waals surface area (Å²) in [7, 11) is 0. The summed E-state index contributed by atoms with van der Waals surface area (Å²) in [6, 6.07) is 16.8. The number of anilines is 4. The van der Waals surface area contributed by atoms with Gasteiger partial charge in [0.25, 0.3) is 0 Å². The van der Waals surface area contributed by atoms with Crippen LogP contribution in [0.4, 0.5) is 23.0 Å². The van der Waals surface area contributed by atoms with Gasteiger partial charge in [-0.25, -0.2) is 9.97 Å². The number of rotatable bonds is 7. The van der Waals surface area contributed by atoms with Gasteiger partial charge >= 0.3 is 0 Å². The van der Waals surface area contributed by atoms with Crippen LogP contribution in [0, 0.1) is 6.92 Å². The molecule has 0 bridgehead atoms. The lowest BCUT2D eigenvalue weighted by Gasteiger charge is -2.30. The molecule has 1 aromatic heterocycles. The van der Waals surface area contributed by atoms with Gasteiger partial charge in [-0.3, -0.25) is 0 Å². The van der Waals surface area contributed by atoms with Crippen molar-refractivity contribution < 1.29 is 0 Å². The normalized spacial score (nSPS) is 14.3. The van der Waals surface area contributed by atoms with Crippen molar-refractivity contribution in [2.24, 2.45) is 0 Å². The molecule has 1 saturated heterocycles. The van der Waals surface area contributed by atoms with Crippen LogP contribution in [-0.4, -0.2) is 36.1 Å². The molecule has 1 fully saturated rings. The van der Waals surface area contributed by atoms with Crippen LogP contribution in [0.3, 0.4) is 0 Å². The van der Waals surface area contributed by atoms with E-state index in [9.17, 15) is 0 Å². The van der Waals surface area contributed by atoms with E-state index in [-0.39, 0.29) is 0 Å². The Morgan fingerprint density at radius 2 is 1.88 bits per heavy atom. The largest absolute Gasteiger partial charge is 0.369 e. The fourth-order valence-electron chi connectivity index (χ4n) is 3.92. The highest BCUT2D eigenvalue weighted by molar-refractivity contribution is 5.67. The Labute approximate surface area is 190 Å². The van der Waals surface area contributed by atoms with Gasteiger partial charge < -0.3 is 20.9 Å². The molecule has 0 spiro atoms. The number of piperazine rings is 1. The SMILES string of the molecule is CC/C=C(/C)Nc1ccc(-c2ccnc(Nc3ccc(N4CCNCC4)cc3C)n2)cc1. The Balaban J connectivity index is 1.47. The summed E-state index contributed by atoms with van der Waals surface area (Å²) in [4.78, 5) is 11.6. The predicted octanol–water partition coefficient (Wildman–Crippen LogP) is 5.33. The van der Waals surface area contributed by atoms with E-state index in [0.717, 1.165) is 60.9 Å². The number of nitrogens with zero attached hydrogens (tertiary/aromatic N) is 3. The Kier molecular flexibility index (Phi) is 7.02. The van der Waals surface area contributed by atoms with E-state index in [4.69, 9.17) is 4.98 Å². The standard InChI is InChI=1S/C26H32N6/c1-4-5-20(3)29-22-8-6-21(7-9-22)25-12-13-28-26(31-25)30-24-11-10-23(18-19(24)2)32-16-14-27-15-17-32/h5-13,18,27,29H,4,14-17H2,1-3H3,(H,28,30,31)/b20-5-. The summed E-state index contributed by atoms with van der Waals surface area (Å²) in [5, 5.41) is 10.2. The number of allylic oxidation sites excluding steroid dienone is 2. The molecule has 0 radical (unpaired) electrons. The van der Waals surface area contributed by atoms with Gasteiger partial charge in [0.2, 0.25) is 5.95 Å². The van der Waals surface area contributed by atoms with Gasteiger partial charge in [0, 0.05) is 60.7 Å². The highest BCUT2D eigenvalue weighted by atomic mass is 15.2. The van der Waals surface area contributed by atoms with Gasteiger partial charge in [-0.05, 0) is 62.2 Å². The molecule has 3 N–H and O–H groups in total. The molecule has 0 unspecified atom stereocenters. The Morgan fingerprint density at radius 3 is 2.59 bits per heavy atom. The van der Waals surface area contributed by atoms with Crippen LogP contribution in [0.25, 0.3) is 11.3 Å². The second kappa shape index (κ2) is 10.3. The first-order valence-corrected chi connectivity index (χ1v) is 11.3. The molecule has 1 aliphatic heterocycles. The molecule has 166 valence electrons. The summed E-state index contributed by atoms with van der Waals surface area (Å²) >= 11 is 0. The first-order chi connectivity index (χ1) is 15.6. The van der Waals surface area contributed by atoms with Crippen molar-refractivity contribution in [3.05, 3.63) is 72.1 Å². The summed E-state index contributed by atoms with van der Waals surface area (Å²) in [6.45, 7) is 10.5. The first kappa shape index (κ1) is 21.8. The van der Waals surface area contributed by atoms with E-state index in [1.54, 1.807) is 6.20 Å². The van der Waals surface area contributed by atoms with Crippen molar-refractivity contribution in [3.8, 4) is 11.3 Å². The number of hydrogen-bond acceptors (Lipinski definition) is 6. The van der Waals surface area contributed by atoms with Gasteiger partial charge in [0.15, 0.2) is 0 Å². The molecule has 0 saturated carbocycles. The van der Waals surface area contributed by atoms with E-state index in [1.807, 2.05) is 6.07 Å².